The van der Waals surface area contributed by atoms with Crippen molar-refractivity contribution in [2.24, 2.45) is 4.99 Å². The first-order valence-electron chi connectivity index (χ1n) is 11.3. The lowest BCUT2D eigenvalue weighted by atomic mass is 9.68. The lowest BCUT2D eigenvalue weighted by Gasteiger charge is -2.37. The molecule has 2 unspecified atom stereocenters. The molecule has 1 aromatic heterocycles. The van der Waals surface area contributed by atoms with Crippen molar-refractivity contribution in [3.63, 3.8) is 0 Å². The summed E-state index contributed by atoms with van der Waals surface area (Å²) in [5, 5.41) is 12.9. The van der Waals surface area contributed by atoms with Crippen molar-refractivity contribution in [3.8, 4) is 11.3 Å². The van der Waals surface area contributed by atoms with Gasteiger partial charge in [-0.05, 0) is 66.0 Å². The SMILES string of the molecule is Cc1coc2c1C1NC(c3ccc(C(=O)O)cc3)=NC1c1c-2ccc2c1CCCC2(C)C. The Morgan fingerprint density at radius 3 is 2.69 bits per heavy atom. The van der Waals surface area contributed by atoms with Crippen LogP contribution in [0, 0.1) is 6.92 Å². The van der Waals surface area contributed by atoms with Gasteiger partial charge in [0.25, 0.3) is 0 Å². The summed E-state index contributed by atoms with van der Waals surface area (Å²) in [6.07, 6.45) is 5.29. The summed E-state index contributed by atoms with van der Waals surface area (Å²) in [6.45, 7) is 6.77. The van der Waals surface area contributed by atoms with Crippen LogP contribution in [0.4, 0.5) is 0 Å². The van der Waals surface area contributed by atoms with Gasteiger partial charge in [0.2, 0.25) is 0 Å². The first-order chi connectivity index (χ1) is 15.3. The molecule has 3 aromatic rings. The van der Waals surface area contributed by atoms with Crippen molar-refractivity contribution in [1.29, 1.82) is 0 Å². The zero-order valence-electron chi connectivity index (χ0n) is 18.5. The molecule has 0 bridgehead atoms. The number of amidine groups is 1. The van der Waals surface area contributed by atoms with Crippen molar-refractivity contribution in [3.05, 3.63) is 81.6 Å². The number of carbonyl (C=O) groups is 1. The molecule has 5 nitrogen and oxygen atoms in total. The predicted octanol–water partition coefficient (Wildman–Crippen LogP) is 5.71. The highest BCUT2D eigenvalue weighted by Gasteiger charge is 2.44. The number of carboxylic acid groups (broad SMARTS) is 1. The molecule has 0 radical (unpaired) electrons. The summed E-state index contributed by atoms with van der Waals surface area (Å²) in [4.78, 5) is 16.4. The maximum absolute atomic E-state index is 11.3. The van der Waals surface area contributed by atoms with Crippen LogP contribution in [0.1, 0.15) is 82.5 Å². The van der Waals surface area contributed by atoms with Crippen molar-refractivity contribution >= 4 is 11.8 Å². The van der Waals surface area contributed by atoms with Gasteiger partial charge in [-0.25, -0.2) is 4.79 Å². The van der Waals surface area contributed by atoms with Crippen LogP contribution in [0.5, 0.6) is 0 Å². The van der Waals surface area contributed by atoms with Gasteiger partial charge in [-0.15, -0.1) is 0 Å². The molecule has 0 amide bonds. The summed E-state index contributed by atoms with van der Waals surface area (Å²) >= 11 is 0. The lowest BCUT2D eigenvalue weighted by molar-refractivity contribution is 0.0697. The van der Waals surface area contributed by atoms with E-state index in [4.69, 9.17) is 9.41 Å². The highest BCUT2D eigenvalue weighted by molar-refractivity contribution is 6.02. The number of aliphatic imine (C=N–C) groups is 1. The van der Waals surface area contributed by atoms with Gasteiger partial charge in [0.1, 0.15) is 17.6 Å². The molecule has 0 spiro atoms. The zero-order valence-corrected chi connectivity index (χ0v) is 18.5. The van der Waals surface area contributed by atoms with Crippen LogP contribution >= 0.6 is 0 Å². The number of hydrogen-bond donors (Lipinski definition) is 2. The number of carboxylic acids is 1. The van der Waals surface area contributed by atoms with E-state index >= 15 is 0 Å². The number of nitrogens with zero attached hydrogens (tertiary/aromatic N) is 1. The van der Waals surface area contributed by atoms with E-state index in [1.54, 1.807) is 12.1 Å². The van der Waals surface area contributed by atoms with Crippen LogP contribution < -0.4 is 5.32 Å². The van der Waals surface area contributed by atoms with E-state index in [1.807, 2.05) is 18.4 Å². The quantitative estimate of drug-likeness (QED) is 0.550. The number of aryl methyl sites for hydroxylation is 1. The molecule has 2 N–H and O–H groups in total. The van der Waals surface area contributed by atoms with Crippen LogP contribution in [0.2, 0.25) is 0 Å². The molecule has 2 heterocycles. The number of rotatable bonds is 2. The highest BCUT2D eigenvalue weighted by Crippen LogP contribution is 2.54. The van der Waals surface area contributed by atoms with Gasteiger partial charge in [-0.2, -0.15) is 0 Å². The summed E-state index contributed by atoms with van der Waals surface area (Å²) in [6, 6.07) is 11.5. The number of fused-ring (bicyclic) bond motifs is 8. The third kappa shape index (κ3) is 2.63. The molecule has 0 fully saturated rings. The fourth-order valence-electron chi connectivity index (χ4n) is 5.86. The average molecular weight is 427 g/mol. The molecule has 0 saturated carbocycles. The van der Waals surface area contributed by atoms with Gasteiger partial charge in [0.15, 0.2) is 0 Å². The zero-order chi connectivity index (χ0) is 22.2. The molecule has 1 aliphatic heterocycles. The van der Waals surface area contributed by atoms with Crippen LogP contribution in [-0.2, 0) is 11.8 Å². The van der Waals surface area contributed by atoms with Gasteiger partial charge in [-0.1, -0.05) is 38.1 Å². The first kappa shape index (κ1) is 19.4. The fraction of sp³-hybridized carbons (Fsp3) is 0.333. The average Bonchev–Trinajstić information content (AvgIpc) is 3.37. The third-order valence-corrected chi connectivity index (χ3v) is 7.47. The van der Waals surface area contributed by atoms with E-state index in [-0.39, 0.29) is 23.1 Å². The number of nitrogens with one attached hydrogen (secondary N) is 1. The van der Waals surface area contributed by atoms with Crippen LogP contribution in [0.3, 0.4) is 0 Å². The third-order valence-electron chi connectivity index (χ3n) is 7.47. The minimum atomic E-state index is -0.923. The Morgan fingerprint density at radius 2 is 1.94 bits per heavy atom. The monoisotopic (exact) mass is 426 g/mol. The summed E-state index contributed by atoms with van der Waals surface area (Å²) in [5.74, 6) is 0.840. The van der Waals surface area contributed by atoms with Gasteiger partial charge >= 0.3 is 5.97 Å². The molecular weight excluding hydrogens is 400 g/mol. The summed E-state index contributed by atoms with van der Waals surface area (Å²) < 4.78 is 6.09. The summed E-state index contributed by atoms with van der Waals surface area (Å²) in [5.41, 5.74) is 8.97. The van der Waals surface area contributed by atoms with E-state index in [0.29, 0.717) is 0 Å². The van der Waals surface area contributed by atoms with Crippen LogP contribution in [-0.4, -0.2) is 16.9 Å². The molecule has 0 saturated heterocycles. The maximum atomic E-state index is 11.3. The molecule has 6 rings (SSSR count). The Labute approximate surface area is 187 Å². The number of benzene rings is 2. The van der Waals surface area contributed by atoms with Crippen molar-refractivity contribution in [1.82, 2.24) is 5.32 Å². The molecule has 32 heavy (non-hydrogen) atoms. The Balaban J connectivity index is 1.54. The van der Waals surface area contributed by atoms with Crippen LogP contribution in [0.25, 0.3) is 11.3 Å². The molecule has 2 aliphatic carbocycles. The molecule has 3 aliphatic rings. The molecule has 2 atom stereocenters. The number of furan rings is 1. The topological polar surface area (TPSA) is 74.8 Å². The van der Waals surface area contributed by atoms with E-state index in [1.165, 1.54) is 40.7 Å². The van der Waals surface area contributed by atoms with E-state index in [0.717, 1.165) is 29.1 Å². The molecule has 2 aromatic carbocycles. The highest BCUT2D eigenvalue weighted by atomic mass is 16.4. The Kier molecular flexibility index (Phi) is 3.98. The second-order valence-corrected chi connectivity index (χ2v) is 9.88. The largest absolute Gasteiger partial charge is 0.478 e. The standard InChI is InChI=1S/C27H26N2O3/c1-14-13-32-24-18-10-11-19-17(5-4-12-27(19,2)3)21(18)23-22(20(14)24)28-25(29-23)15-6-8-16(9-7-15)26(30)31/h6-11,13,22-23H,4-5,12H2,1-3H3,(H,28,29)(H,30,31). The minimum absolute atomic E-state index is 0.0157. The molecule has 162 valence electrons. The van der Waals surface area contributed by atoms with Crippen molar-refractivity contribution in [2.75, 3.05) is 0 Å². The Bertz CT molecular complexity index is 1300. The first-order valence-corrected chi connectivity index (χ1v) is 11.3. The number of hydrogen-bond acceptors (Lipinski definition) is 4. The van der Waals surface area contributed by atoms with Crippen LogP contribution in [0.15, 0.2) is 52.1 Å². The second kappa shape index (κ2) is 6.58. The summed E-state index contributed by atoms with van der Waals surface area (Å²) in [7, 11) is 0. The van der Waals surface area contributed by atoms with Crippen molar-refractivity contribution < 1.29 is 14.3 Å². The number of aromatic carboxylic acids is 1. The maximum Gasteiger partial charge on any atom is 0.335 e. The smallest absolute Gasteiger partial charge is 0.335 e. The van der Waals surface area contributed by atoms with Gasteiger partial charge in [0.05, 0.1) is 17.9 Å². The molecule has 5 heteroatoms. The Hall–Kier alpha value is -3.34. The van der Waals surface area contributed by atoms with E-state index < -0.39 is 5.97 Å². The Morgan fingerprint density at radius 1 is 1.16 bits per heavy atom. The second-order valence-electron chi connectivity index (χ2n) is 9.88. The molecular formula is C27H26N2O3. The van der Waals surface area contributed by atoms with Gasteiger partial charge in [-0.3, -0.25) is 4.99 Å². The normalized spacial score (nSPS) is 22.2. The van der Waals surface area contributed by atoms with E-state index in [2.05, 4.69) is 38.2 Å². The lowest BCUT2D eigenvalue weighted by Crippen LogP contribution is -2.30. The van der Waals surface area contributed by atoms with Crippen molar-refractivity contribution in [2.45, 2.75) is 57.5 Å². The van der Waals surface area contributed by atoms with Gasteiger partial charge in [0, 0.05) is 16.7 Å². The van der Waals surface area contributed by atoms with Gasteiger partial charge < -0.3 is 14.8 Å². The van der Waals surface area contributed by atoms with E-state index in [9.17, 15) is 9.90 Å². The predicted molar refractivity (Wildman–Crippen MR) is 123 cm³/mol. The minimum Gasteiger partial charge on any atom is -0.478 e. The fourth-order valence-corrected chi connectivity index (χ4v) is 5.86.